The SMILES string of the molecule is [CH2]c1occ2cc(C(F)(F)F)ccc12. The number of alkyl halides is 3. The van der Waals surface area contributed by atoms with E-state index in [1.807, 2.05) is 0 Å². The van der Waals surface area contributed by atoms with Crippen LogP contribution >= 0.6 is 0 Å². The van der Waals surface area contributed by atoms with Crippen molar-refractivity contribution >= 4 is 10.8 Å². The van der Waals surface area contributed by atoms with Crippen LogP contribution in [0.3, 0.4) is 0 Å². The number of halogens is 3. The van der Waals surface area contributed by atoms with Gasteiger partial charge in [0.15, 0.2) is 0 Å². The Balaban J connectivity index is 2.63. The molecule has 2 aromatic rings. The lowest BCUT2D eigenvalue weighted by Crippen LogP contribution is -2.03. The molecule has 1 aromatic heterocycles. The maximum absolute atomic E-state index is 12.3. The van der Waals surface area contributed by atoms with Gasteiger partial charge >= 0.3 is 6.18 Å². The summed E-state index contributed by atoms with van der Waals surface area (Å²) in [5.41, 5.74) is -0.675. The maximum atomic E-state index is 12.3. The Morgan fingerprint density at radius 1 is 1.21 bits per heavy atom. The third kappa shape index (κ3) is 1.36. The highest BCUT2D eigenvalue weighted by molar-refractivity contribution is 5.85. The zero-order valence-electron chi connectivity index (χ0n) is 7.06. The first-order valence-corrected chi connectivity index (χ1v) is 3.89. The van der Waals surface area contributed by atoms with Gasteiger partial charge < -0.3 is 4.42 Å². The number of fused-ring (bicyclic) bond motifs is 1. The molecule has 1 radical (unpaired) electrons. The largest absolute Gasteiger partial charge is 0.468 e. The van der Waals surface area contributed by atoms with Crippen LogP contribution < -0.4 is 0 Å². The molecule has 0 aliphatic rings. The zero-order chi connectivity index (χ0) is 10.3. The van der Waals surface area contributed by atoms with E-state index < -0.39 is 11.7 Å². The van der Waals surface area contributed by atoms with E-state index in [2.05, 4.69) is 6.92 Å². The highest BCUT2D eigenvalue weighted by Crippen LogP contribution is 2.32. The monoisotopic (exact) mass is 199 g/mol. The van der Waals surface area contributed by atoms with Crippen LogP contribution in [0, 0.1) is 6.92 Å². The Morgan fingerprint density at radius 3 is 2.57 bits per heavy atom. The Hall–Kier alpha value is -1.45. The van der Waals surface area contributed by atoms with Gasteiger partial charge in [-0.15, -0.1) is 0 Å². The Bertz CT molecular complexity index is 468. The molecule has 0 saturated heterocycles. The van der Waals surface area contributed by atoms with Crippen molar-refractivity contribution < 1.29 is 17.6 Å². The molecule has 0 bridgehead atoms. The maximum Gasteiger partial charge on any atom is 0.416 e. The molecule has 0 atom stereocenters. The van der Waals surface area contributed by atoms with Crippen LogP contribution in [0.15, 0.2) is 28.9 Å². The molecule has 0 unspecified atom stereocenters. The molecule has 0 aliphatic heterocycles. The molecule has 1 nitrogen and oxygen atoms in total. The van der Waals surface area contributed by atoms with Crippen molar-refractivity contribution in [2.45, 2.75) is 6.18 Å². The van der Waals surface area contributed by atoms with E-state index in [9.17, 15) is 13.2 Å². The predicted molar refractivity (Wildman–Crippen MR) is 45.7 cm³/mol. The summed E-state index contributed by atoms with van der Waals surface area (Å²) in [6.45, 7) is 3.55. The van der Waals surface area contributed by atoms with Gasteiger partial charge in [0.05, 0.1) is 11.8 Å². The molecular weight excluding hydrogens is 193 g/mol. The molecular formula is C10H6F3O. The third-order valence-electron chi connectivity index (χ3n) is 2.01. The first kappa shape index (κ1) is 9.12. The van der Waals surface area contributed by atoms with Crippen LogP contribution in [-0.4, -0.2) is 0 Å². The first-order valence-electron chi connectivity index (χ1n) is 3.89. The summed E-state index contributed by atoms with van der Waals surface area (Å²) in [5.74, 6) is 0.383. The molecule has 0 amide bonds. The van der Waals surface area contributed by atoms with Crippen LogP contribution in [0.1, 0.15) is 11.3 Å². The van der Waals surface area contributed by atoms with E-state index in [1.165, 1.54) is 12.3 Å². The second-order valence-electron chi connectivity index (χ2n) is 2.96. The van der Waals surface area contributed by atoms with E-state index in [-0.39, 0.29) is 0 Å². The molecule has 0 N–H and O–H groups in total. The minimum atomic E-state index is -4.31. The Morgan fingerprint density at radius 2 is 1.93 bits per heavy atom. The molecule has 0 fully saturated rings. The summed E-state index contributed by atoms with van der Waals surface area (Å²) in [7, 11) is 0. The van der Waals surface area contributed by atoms with Crippen molar-refractivity contribution in [1.82, 2.24) is 0 Å². The number of hydrogen-bond donors (Lipinski definition) is 0. The van der Waals surface area contributed by atoms with E-state index in [1.54, 1.807) is 0 Å². The standard InChI is InChI=1S/C10H6F3O/c1-6-9-3-2-8(10(11,12)13)4-7(9)5-14-6/h2-5H,1H2. The second-order valence-corrected chi connectivity index (χ2v) is 2.96. The quantitative estimate of drug-likeness (QED) is 0.631. The minimum Gasteiger partial charge on any atom is -0.468 e. The van der Waals surface area contributed by atoms with E-state index in [0.717, 1.165) is 12.1 Å². The van der Waals surface area contributed by atoms with Gasteiger partial charge in [0, 0.05) is 17.7 Å². The fraction of sp³-hybridized carbons (Fsp3) is 0.100. The number of rotatable bonds is 0. The first-order chi connectivity index (χ1) is 6.48. The summed E-state index contributed by atoms with van der Waals surface area (Å²) in [6, 6.07) is 3.43. The van der Waals surface area contributed by atoms with Crippen LogP contribution in [0.25, 0.3) is 10.8 Å². The fourth-order valence-electron chi connectivity index (χ4n) is 1.29. The normalized spacial score (nSPS) is 12.3. The Kier molecular flexibility index (Phi) is 1.80. The number of furan rings is 1. The average Bonchev–Trinajstić information content (AvgIpc) is 2.46. The van der Waals surface area contributed by atoms with Crippen molar-refractivity contribution in [3.8, 4) is 0 Å². The van der Waals surface area contributed by atoms with Gasteiger partial charge in [0.25, 0.3) is 0 Å². The summed E-state index contributed by atoms with van der Waals surface area (Å²) >= 11 is 0. The lowest BCUT2D eigenvalue weighted by molar-refractivity contribution is -0.137. The molecule has 1 heterocycles. The molecule has 2 rings (SSSR count). The van der Waals surface area contributed by atoms with Gasteiger partial charge in [0.2, 0.25) is 0 Å². The van der Waals surface area contributed by atoms with Gasteiger partial charge in [0.1, 0.15) is 5.76 Å². The smallest absolute Gasteiger partial charge is 0.416 e. The number of hydrogen-bond acceptors (Lipinski definition) is 1. The van der Waals surface area contributed by atoms with Crippen LogP contribution in [0.2, 0.25) is 0 Å². The molecule has 1 aromatic carbocycles. The molecule has 0 saturated carbocycles. The lowest BCUT2D eigenvalue weighted by Gasteiger charge is -2.05. The second kappa shape index (κ2) is 2.77. The van der Waals surface area contributed by atoms with E-state index in [0.29, 0.717) is 16.5 Å². The summed E-state index contributed by atoms with van der Waals surface area (Å²) < 4.78 is 41.7. The van der Waals surface area contributed by atoms with Crippen LogP contribution in [-0.2, 0) is 6.18 Å². The molecule has 14 heavy (non-hydrogen) atoms. The van der Waals surface area contributed by atoms with Crippen molar-refractivity contribution in [1.29, 1.82) is 0 Å². The molecule has 0 spiro atoms. The molecule has 0 aliphatic carbocycles. The summed E-state index contributed by atoms with van der Waals surface area (Å²) in [5, 5.41) is 1.03. The average molecular weight is 199 g/mol. The minimum absolute atomic E-state index is 0.383. The fourth-order valence-corrected chi connectivity index (χ4v) is 1.29. The zero-order valence-corrected chi connectivity index (χ0v) is 7.06. The van der Waals surface area contributed by atoms with Gasteiger partial charge in [-0.3, -0.25) is 0 Å². The van der Waals surface area contributed by atoms with E-state index >= 15 is 0 Å². The summed E-state index contributed by atoms with van der Waals surface area (Å²) in [6.07, 6.45) is -3.04. The number of benzene rings is 1. The van der Waals surface area contributed by atoms with Crippen molar-refractivity contribution in [3.63, 3.8) is 0 Å². The molecule has 4 heteroatoms. The highest BCUT2D eigenvalue weighted by atomic mass is 19.4. The van der Waals surface area contributed by atoms with Crippen molar-refractivity contribution in [2.24, 2.45) is 0 Å². The van der Waals surface area contributed by atoms with Crippen LogP contribution in [0.4, 0.5) is 13.2 Å². The topological polar surface area (TPSA) is 13.1 Å². The van der Waals surface area contributed by atoms with Gasteiger partial charge in [-0.1, -0.05) is 6.07 Å². The highest BCUT2D eigenvalue weighted by Gasteiger charge is 2.30. The molecule has 73 valence electrons. The third-order valence-corrected chi connectivity index (χ3v) is 2.01. The predicted octanol–water partition coefficient (Wildman–Crippen LogP) is 3.63. The van der Waals surface area contributed by atoms with Crippen molar-refractivity contribution in [3.05, 3.63) is 42.7 Å². The van der Waals surface area contributed by atoms with Crippen molar-refractivity contribution in [2.75, 3.05) is 0 Å². The van der Waals surface area contributed by atoms with E-state index in [4.69, 9.17) is 4.42 Å². The van der Waals surface area contributed by atoms with Gasteiger partial charge in [-0.25, -0.2) is 0 Å². The Labute approximate surface area is 78.1 Å². The van der Waals surface area contributed by atoms with Gasteiger partial charge in [-0.05, 0) is 12.1 Å². The van der Waals surface area contributed by atoms with Crippen LogP contribution in [0.5, 0.6) is 0 Å². The summed E-state index contributed by atoms with van der Waals surface area (Å²) in [4.78, 5) is 0. The van der Waals surface area contributed by atoms with Gasteiger partial charge in [-0.2, -0.15) is 13.2 Å². The lowest BCUT2D eigenvalue weighted by atomic mass is 10.1.